The van der Waals surface area contributed by atoms with Crippen LogP contribution in [0.15, 0.2) is 35.9 Å². The zero-order chi connectivity index (χ0) is 12.7. The van der Waals surface area contributed by atoms with Crippen LogP contribution in [-0.4, -0.2) is 18.6 Å². The van der Waals surface area contributed by atoms with Crippen LogP contribution in [-0.2, 0) is 9.53 Å². The van der Waals surface area contributed by atoms with Crippen LogP contribution in [0.4, 0.5) is 4.79 Å². The smallest absolute Gasteiger partial charge is 0.414 e. The lowest BCUT2D eigenvalue weighted by molar-refractivity contribution is -0.116. The van der Waals surface area contributed by atoms with E-state index < -0.39 is 12.0 Å². The highest BCUT2D eigenvalue weighted by Crippen LogP contribution is 2.05. The molecule has 0 saturated carbocycles. The fourth-order valence-electron chi connectivity index (χ4n) is 1.22. The number of nitrogens with one attached hydrogen (secondary N) is 1. The molecule has 0 aliphatic heterocycles. The predicted octanol–water partition coefficient (Wildman–Crippen LogP) is 2.36. The molecule has 4 nitrogen and oxygen atoms in total. The molecular weight excluding hydrogens is 218 g/mol. The monoisotopic (exact) mass is 233 g/mol. The topological polar surface area (TPSA) is 55.4 Å². The number of amides is 2. The molecule has 0 fully saturated rings. The highest BCUT2D eigenvalue weighted by Gasteiger charge is 2.09. The summed E-state index contributed by atoms with van der Waals surface area (Å²) in [6.07, 6.45) is 0.979. The summed E-state index contributed by atoms with van der Waals surface area (Å²) in [5, 5.41) is 2.13. The van der Waals surface area contributed by atoms with Crippen molar-refractivity contribution in [3.05, 3.63) is 41.5 Å². The molecule has 0 bridgehead atoms. The second-order valence-corrected chi connectivity index (χ2v) is 3.41. The van der Waals surface area contributed by atoms with Crippen molar-refractivity contribution in [3.63, 3.8) is 0 Å². The Kier molecular flexibility index (Phi) is 4.94. The quantitative estimate of drug-likeness (QED) is 0.815. The number of benzene rings is 1. The molecule has 0 aromatic heterocycles. The highest BCUT2D eigenvalue weighted by molar-refractivity contribution is 6.04. The van der Waals surface area contributed by atoms with Crippen LogP contribution in [0.2, 0.25) is 0 Å². The highest BCUT2D eigenvalue weighted by atomic mass is 16.5. The maximum atomic E-state index is 11.6. The Morgan fingerprint density at radius 3 is 2.53 bits per heavy atom. The number of ether oxygens (including phenoxy) is 1. The Bertz CT molecular complexity index is 424. The van der Waals surface area contributed by atoms with E-state index >= 15 is 0 Å². The lowest BCUT2D eigenvalue weighted by Gasteiger charge is -2.04. The van der Waals surface area contributed by atoms with Crippen molar-refractivity contribution in [2.75, 3.05) is 6.61 Å². The van der Waals surface area contributed by atoms with E-state index in [1.165, 1.54) is 0 Å². The summed E-state index contributed by atoms with van der Waals surface area (Å²) in [4.78, 5) is 22.6. The van der Waals surface area contributed by atoms with Gasteiger partial charge in [-0.15, -0.1) is 0 Å². The van der Waals surface area contributed by atoms with Crippen LogP contribution in [0.3, 0.4) is 0 Å². The molecule has 0 saturated heterocycles. The summed E-state index contributed by atoms with van der Waals surface area (Å²) in [7, 11) is 0. The van der Waals surface area contributed by atoms with E-state index in [-0.39, 0.29) is 6.61 Å². The summed E-state index contributed by atoms with van der Waals surface area (Å²) >= 11 is 0. The maximum absolute atomic E-state index is 11.6. The standard InChI is InChI=1S/C13H15NO3/c1-3-17-13(16)14-12(15)10(2)9-11-7-5-4-6-8-11/h4-9H,3H2,1-2H3,(H,14,15,16). The van der Waals surface area contributed by atoms with Crippen LogP contribution in [0.1, 0.15) is 19.4 Å². The van der Waals surface area contributed by atoms with E-state index in [4.69, 9.17) is 0 Å². The van der Waals surface area contributed by atoms with Crippen molar-refractivity contribution >= 4 is 18.1 Å². The third kappa shape index (κ3) is 4.51. The molecule has 0 radical (unpaired) electrons. The van der Waals surface area contributed by atoms with Gasteiger partial charge in [-0.3, -0.25) is 10.1 Å². The van der Waals surface area contributed by atoms with Gasteiger partial charge in [0.2, 0.25) is 0 Å². The van der Waals surface area contributed by atoms with Gasteiger partial charge in [-0.2, -0.15) is 0 Å². The van der Waals surface area contributed by atoms with Gasteiger partial charge in [0.15, 0.2) is 0 Å². The molecule has 90 valence electrons. The van der Waals surface area contributed by atoms with E-state index in [9.17, 15) is 9.59 Å². The number of carbonyl (C=O) groups excluding carboxylic acids is 2. The van der Waals surface area contributed by atoms with Gasteiger partial charge in [-0.05, 0) is 25.5 Å². The molecule has 1 aromatic rings. The van der Waals surface area contributed by atoms with Crippen molar-refractivity contribution in [2.45, 2.75) is 13.8 Å². The molecule has 0 aliphatic carbocycles. The van der Waals surface area contributed by atoms with Crippen LogP contribution in [0, 0.1) is 0 Å². The first-order valence-corrected chi connectivity index (χ1v) is 5.35. The molecule has 0 spiro atoms. The van der Waals surface area contributed by atoms with Crippen molar-refractivity contribution < 1.29 is 14.3 Å². The van der Waals surface area contributed by atoms with Crippen LogP contribution < -0.4 is 5.32 Å². The molecular formula is C13H15NO3. The second-order valence-electron chi connectivity index (χ2n) is 3.41. The van der Waals surface area contributed by atoms with E-state index in [2.05, 4.69) is 10.1 Å². The Morgan fingerprint density at radius 2 is 1.94 bits per heavy atom. The molecule has 0 unspecified atom stereocenters. The molecule has 0 aliphatic rings. The van der Waals surface area contributed by atoms with Gasteiger partial charge in [0, 0.05) is 5.57 Å². The van der Waals surface area contributed by atoms with E-state index in [1.54, 1.807) is 19.9 Å². The second kappa shape index (κ2) is 6.48. The number of alkyl carbamates (subject to hydrolysis) is 1. The number of carbonyl (C=O) groups is 2. The number of imide groups is 1. The molecule has 1 aromatic carbocycles. The van der Waals surface area contributed by atoms with Gasteiger partial charge >= 0.3 is 6.09 Å². The van der Waals surface area contributed by atoms with Crippen LogP contribution in [0.25, 0.3) is 6.08 Å². The summed E-state index contributed by atoms with van der Waals surface area (Å²) < 4.78 is 4.61. The first kappa shape index (κ1) is 13.0. The number of hydrogen-bond donors (Lipinski definition) is 1. The minimum absolute atomic E-state index is 0.237. The summed E-state index contributed by atoms with van der Waals surface area (Å²) in [5.41, 5.74) is 1.35. The largest absolute Gasteiger partial charge is 0.450 e. The third-order valence-electron chi connectivity index (χ3n) is 2.03. The molecule has 1 N–H and O–H groups in total. The molecule has 0 heterocycles. The zero-order valence-corrected chi connectivity index (χ0v) is 9.90. The zero-order valence-electron chi connectivity index (χ0n) is 9.90. The van der Waals surface area contributed by atoms with Crippen molar-refractivity contribution in [2.24, 2.45) is 0 Å². The van der Waals surface area contributed by atoms with Gasteiger partial charge in [0.05, 0.1) is 6.61 Å². The summed E-state index contributed by atoms with van der Waals surface area (Å²) in [6.45, 7) is 3.55. The lowest BCUT2D eigenvalue weighted by Crippen LogP contribution is -2.31. The molecule has 0 atom stereocenters. The first-order chi connectivity index (χ1) is 8.13. The van der Waals surface area contributed by atoms with Crippen LogP contribution >= 0.6 is 0 Å². The third-order valence-corrected chi connectivity index (χ3v) is 2.03. The van der Waals surface area contributed by atoms with Crippen molar-refractivity contribution in [1.29, 1.82) is 0 Å². The number of hydrogen-bond acceptors (Lipinski definition) is 3. The molecule has 1 rings (SSSR count). The average Bonchev–Trinajstić information content (AvgIpc) is 2.30. The minimum atomic E-state index is -0.724. The molecule has 17 heavy (non-hydrogen) atoms. The van der Waals surface area contributed by atoms with Gasteiger partial charge in [0.1, 0.15) is 0 Å². The molecule has 2 amide bonds. The van der Waals surface area contributed by atoms with Crippen molar-refractivity contribution in [3.8, 4) is 0 Å². The predicted molar refractivity (Wildman–Crippen MR) is 65.3 cm³/mol. The van der Waals surface area contributed by atoms with E-state index in [0.717, 1.165) is 5.56 Å². The number of rotatable bonds is 3. The Balaban J connectivity index is 2.64. The molecule has 4 heteroatoms. The Labute approximate surface area is 100 Å². The normalized spacial score (nSPS) is 10.8. The SMILES string of the molecule is CCOC(=O)NC(=O)C(C)=Cc1ccccc1. The van der Waals surface area contributed by atoms with E-state index in [1.807, 2.05) is 30.3 Å². The van der Waals surface area contributed by atoms with Gasteiger partial charge < -0.3 is 4.74 Å². The van der Waals surface area contributed by atoms with Crippen LogP contribution in [0.5, 0.6) is 0 Å². The van der Waals surface area contributed by atoms with E-state index in [0.29, 0.717) is 5.57 Å². The van der Waals surface area contributed by atoms with Gasteiger partial charge in [-0.1, -0.05) is 30.3 Å². The minimum Gasteiger partial charge on any atom is -0.450 e. The maximum Gasteiger partial charge on any atom is 0.414 e. The Morgan fingerprint density at radius 1 is 1.29 bits per heavy atom. The van der Waals surface area contributed by atoms with Crippen molar-refractivity contribution in [1.82, 2.24) is 5.32 Å². The fraction of sp³-hybridized carbons (Fsp3) is 0.231. The lowest BCUT2D eigenvalue weighted by atomic mass is 10.1. The van der Waals surface area contributed by atoms with Gasteiger partial charge in [0.25, 0.3) is 5.91 Å². The first-order valence-electron chi connectivity index (χ1n) is 5.35. The Hall–Kier alpha value is -2.10. The summed E-state index contributed by atoms with van der Waals surface area (Å²) in [6, 6.07) is 9.40. The average molecular weight is 233 g/mol. The summed E-state index contributed by atoms with van der Waals surface area (Å²) in [5.74, 6) is -0.452. The van der Waals surface area contributed by atoms with Gasteiger partial charge in [-0.25, -0.2) is 4.79 Å². The fourth-order valence-corrected chi connectivity index (χ4v) is 1.22.